The quantitative estimate of drug-likeness (QED) is 0.166. The first-order valence-electron chi connectivity index (χ1n) is 17.5. The summed E-state index contributed by atoms with van der Waals surface area (Å²) in [5.41, 5.74) is 13.1. The van der Waals surface area contributed by atoms with E-state index in [1.807, 2.05) is 0 Å². The third kappa shape index (κ3) is 5.86. The molecule has 0 aliphatic carbocycles. The Morgan fingerprint density at radius 2 is 0.569 bits per heavy atom. The van der Waals surface area contributed by atoms with Crippen molar-refractivity contribution in [2.45, 2.75) is 0 Å². The van der Waals surface area contributed by atoms with Crippen LogP contribution in [-0.2, 0) is 0 Å². The molecule has 1 heteroatoms. The number of benzene rings is 9. The van der Waals surface area contributed by atoms with Crippen molar-refractivity contribution in [2.24, 2.45) is 0 Å². The predicted molar refractivity (Wildman–Crippen MR) is 218 cm³/mol. The van der Waals surface area contributed by atoms with E-state index < -0.39 is 0 Å². The summed E-state index contributed by atoms with van der Waals surface area (Å²) in [7, 11) is 0. The van der Waals surface area contributed by atoms with Crippen molar-refractivity contribution in [3.63, 3.8) is 0 Å². The molecule has 0 spiro atoms. The summed E-state index contributed by atoms with van der Waals surface area (Å²) >= 11 is 0. The Morgan fingerprint density at radius 1 is 0.216 bits per heavy atom. The maximum absolute atomic E-state index is 2.34. The Labute approximate surface area is 299 Å². The summed E-state index contributed by atoms with van der Waals surface area (Å²) < 4.78 is 0. The van der Waals surface area contributed by atoms with Gasteiger partial charge in [0.2, 0.25) is 0 Å². The fraction of sp³-hybridized carbons (Fsp3) is 0. The molecule has 0 fully saturated rings. The molecule has 0 bridgehead atoms. The van der Waals surface area contributed by atoms with Gasteiger partial charge in [-0.2, -0.15) is 0 Å². The van der Waals surface area contributed by atoms with E-state index in [1.165, 1.54) is 66.1 Å². The number of anilines is 3. The molecule has 0 aliphatic heterocycles. The van der Waals surface area contributed by atoms with Crippen molar-refractivity contribution in [1.82, 2.24) is 0 Å². The predicted octanol–water partition coefficient (Wildman–Crippen LogP) is 14.1. The van der Waals surface area contributed by atoms with E-state index in [1.54, 1.807) is 0 Å². The van der Waals surface area contributed by atoms with E-state index in [4.69, 9.17) is 0 Å². The summed E-state index contributed by atoms with van der Waals surface area (Å²) in [6, 6.07) is 76.5. The van der Waals surface area contributed by atoms with Crippen LogP contribution >= 0.6 is 0 Å². The molecule has 0 saturated carbocycles. The average molecular weight is 650 g/mol. The maximum Gasteiger partial charge on any atom is 0.0462 e. The van der Waals surface area contributed by atoms with Crippen LogP contribution in [0, 0.1) is 0 Å². The highest BCUT2D eigenvalue weighted by atomic mass is 15.1. The van der Waals surface area contributed by atoms with Crippen LogP contribution in [0.15, 0.2) is 212 Å². The Morgan fingerprint density at radius 3 is 1.12 bits per heavy atom. The minimum Gasteiger partial charge on any atom is -0.311 e. The number of hydrogen-bond acceptors (Lipinski definition) is 1. The lowest BCUT2D eigenvalue weighted by atomic mass is 9.91. The average Bonchev–Trinajstić information content (AvgIpc) is 3.22. The Balaban J connectivity index is 1.11. The van der Waals surface area contributed by atoms with Crippen LogP contribution in [0.4, 0.5) is 17.1 Å². The zero-order chi connectivity index (χ0) is 34.0. The minimum atomic E-state index is 1.11. The van der Waals surface area contributed by atoms with Crippen molar-refractivity contribution in [2.75, 3.05) is 4.90 Å². The number of nitrogens with zero attached hydrogens (tertiary/aromatic N) is 1. The molecule has 0 atom stereocenters. The molecule has 0 aromatic heterocycles. The van der Waals surface area contributed by atoms with Gasteiger partial charge in [-0.25, -0.2) is 0 Å². The van der Waals surface area contributed by atoms with Crippen molar-refractivity contribution < 1.29 is 0 Å². The molecular weight excluding hydrogens is 615 g/mol. The molecule has 0 radical (unpaired) electrons. The van der Waals surface area contributed by atoms with Crippen LogP contribution in [0.5, 0.6) is 0 Å². The van der Waals surface area contributed by atoms with E-state index in [0.29, 0.717) is 0 Å². The molecule has 0 unspecified atom stereocenters. The Hall–Kier alpha value is -6.70. The van der Waals surface area contributed by atoms with Crippen LogP contribution in [0.3, 0.4) is 0 Å². The van der Waals surface area contributed by atoms with Gasteiger partial charge in [-0.15, -0.1) is 0 Å². The van der Waals surface area contributed by atoms with Gasteiger partial charge in [0.25, 0.3) is 0 Å². The molecule has 0 amide bonds. The number of hydrogen-bond donors (Lipinski definition) is 0. The molecule has 0 saturated heterocycles. The topological polar surface area (TPSA) is 3.24 Å². The van der Waals surface area contributed by atoms with Crippen molar-refractivity contribution in [1.29, 1.82) is 0 Å². The third-order valence-electron chi connectivity index (χ3n) is 9.90. The first kappa shape index (κ1) is 30.4. The fourth-order valence-electron chi connectivity index (χ4n) is 7.36. The van der Waals surface area contributed by atoms with Crippen molar-refractivity contribution in [3.05, 3.63) is 212 Å². The van der Waals surface area contributed by atoms with Gasteiger partial charge in [0.15, 0.2) is 0 Å². The SMILES string of the molecule is c1ccc(-c2ccc(N(c3ccc(-c4ccccc4)cc3)c3ccc(-c4cccc5c(-c6cccc7ccccc67)cccc45)cc3)cc2)cc1. The zero-order valence-electron chi connectivity index (χ0n) is 28.2. The first-order valence-corrected chi connectivity index (χ1v) is 17.5. The van der Waals surface area contributed by atoms with E-state index in [2.05, 4.69) is 217 Å². The normalized spacial score (nSPS) is 11.1. The lowest BCUT2D eigenvalue weighted by Crippen LogP contribution is -2.09. The Bertz CT molecular complexity index is 2500. The summed E-state index contributed by atoms with van der Waals surface area (Å²) in [5, 5.41) is 5.04. The summed E-state index contributed by atoms with van der Waals surface area (Å²) in [6.07, 6.45) is 0. The second-order valence-corrected chi connectivity index (χ2v) is 12.9. The van der Waals surface area contributed by atoms with Gasteiger partial charge in [-0.3, -0.25) is 0 Å². The van der Waals surface area contributed by atoms with Gasteiger partial charge >= 0.3 is 0 Å². The van der Waals surface area contributed by atoms with Gasteiger partial charge in [0, 0.05) is 17.1 Å². The molecule has 240 valence electrons. The van der Waals surface area contributed by atoms with Gasteiger partial charge in [-0.05, 0) is 102 Å². The number of fused-ring (bicyclic) bond motifs is 2. The highest BCUT2D eigenvalue weighted by molar-refractivity contribution is 6.09. The molecule has 1 nitrogen and oxygen atoms in total. The van der Waals surface area contributed by atoms with Crippen LogP contribution in [-0.4, -0.2) is 0 Å². The maximum atomic E-state index is 2.34. The van der Waals surface area contributed by atoms with Crippen LogP contribution < -0.4 is 4.90 Å². The van der Waals surface area contributed by atoms with Gasteiger partial charge in [0.1, 0.15) is 0 Å². The summed E-state index contributed by atoms with van der Waals surface area (Å²) in [5.74, 6) is 0. The fourth-order valence-corrected chi connectivity index (χ4v) is 7.36. The van der Waals surface area contributed by atoms with Crippen LogP contribution in [0.25, 0.3) is 66.1 Å². The van der Waals surface area contributed by atoms with E-state index in [-0.39, 0.29) is 0 Å². The van der Waals surface area contributed by atoms with Crippen molar-refractivity contribution in [3.8, 4) is 44.5 Å². The van der Waals surface area contributed by atoms with E-state index >= 15 is 0 Å². The van der Waals surface area contributed by atoms with E-state index in [0.717, 1.165) is 17.1 Å². The monoisotopic (exact) mass is 649 g/mol. The first-order chi connectivity index (χ1) is 25.3. The molecule has 0 N–H and O–H groups in total. The standard InChI is InChI=1S/C50H35N/c1-3-12-36(13-4-1)38-24-30-42(31-25-38)51(43-32-26-39(27-33-43)37-14-5-2-6-15-37)44-34-28-41(29-35-44)46-19-10-22-49-48(46)21-11-23-50(49)47-20-9-17-40-16-7-8-18-45(40)47/h1-35H. The van der Waals surface area contributed by atoms with Crippen molar-refractivity contribution >= 4 is 38.6 Å². The third-order valence-corrected chi connectivity index (χ3v) is 9.90. The van der Waals surface area contributed by atoms with Crippen LogP contribution in [0.1, 0.15) is 0 Å². The second kappa shape index (κ2) is 13.3. The number of rotatable bonds is 7. The largest absolute Gasteiger partial charge is 0.311 e. The second-order valence-electron chi connectivity index (χ2n) is 12.9. The smallest absolute Gasteiger partial charge is 0.0462 e. The summed E-state index contributed by atoms with van der Waals surface area (Å²) in [4.78, 5) is 2.34. The van der Waals surface area contributed by atoms with Gasteiger partial charge in [-0.1, -0.05) is 176 Å². The molecule has 0 heterocycles. The molecule has 9 aromatic rings. The van der Waals surface area contributed by atoms with E-state index in [9.17, 15) is 0 Å². The molecular formula is C50H35N. The molecule has 0 aliphatic rings. The molecule has 9 aromatic carbocycles. The highest BCUT2D eigenvalue weighted by Crippen LogP contribution is 2.40. The highest BCUT2D eigenvalue weighted by Gasteiger charge is 2.15. The lowest BCUT2D eigenvalue weighted by Gasteiger charge is -2.26. The lowest BCUT2D eigenvalue weighted by molar-refractivity contribution is 1.28. The Kier molecular flexibility index (Phi) is 7.92. The molecule has 9 rings (SSSR count). The summed E-state index contributed by atoms with van der Waals surface area (Å²) in [6.45, 7) is 0. The zero-order valence-corrected chi connectivity index (χ0v) is 28.2. The van der Waals surface area contributed by atoms with Gasteiger partial charge < -0.3 is 4.90 Å². The molecule has 51 heavy (non-hydrogen) atoms. The van der Waals surface area contributed by atoms with Crippen LogP contribution in [0.2, 0.25) is 0 Å². The minimum absolute atomic E-state index is 1.11. The van der Waals surface area contributed by atoms with Gasteiger partial charge in [0.05, 0.1) is 0 Å².